The zero-order valence-electron chi connectivity index (χ0n) is 17.4. The predicted molar refractivity (Wildman–Crippen MR) is 111 cm³/mol. The van der Waals surface area contributed by atoms with E-state index in [9.17, 15) is 9.59 Å². The molecule has 2 aromatic rings. The van der Waals surface area contributed by atoms with Crippen molar-refractivity contribution in [3.8, 4) is 0 Å². The smallest absolute Gasteiger partial charge is 0.252 e. The van der Waals surface area contributed by atoms with Crippen LogP contribution in [0.25, 0.3) is 5.52 Å². The average molecular weight is 386 g/mol. The van der Waals surface area contributed by atoms with Crippen molar-refractivity contribution in [3.63, 3.8) is 0 Å². The van der Waals surface area contributed by atoms with E-state index in [0.29, 0.717) is 29.3 Å². The number of nitrogens with two attached hydrogens (primary N) is 1. The lowest BCUT2D eigenvalue weighted by Gasteiger charge is -2.33. The molecule has 0 radical (unpaired) electrons. The molecule has 1 aliphatic carbocycles. The zero-order valence-corrected chi connectivity index (χ0v) is 17.4. The van der Waals surface area contributed by atoms with Gasteiger partial charge in [-0.25, -0.2) is 4.52 Å². The number of hydrogen-bond donors (Lipinski definition) is 3. The number of anilines is 2. The fraction of sp³-hybridized carbons (Fsp3) is 0.571. The van der Waals surface area contributed by atoms with Gasteiger partial charge < -0.3 is 16.4 Å². The molecule has 0 aliphatic heterocycles. The standard InChI is InChI=1S/C21H31N5O2/c1-12(2)8-18(27)24-14-9-16-19(15(20(22)28)10-23-26(16)11-14)25-17-7-6-13(3)21(17,4)5/h9-13,17,25H,6-8H2,1-5H3,(H2,22,28)(H,24,27)/t13-,17+/m0/s1. The lowest BCUT2D eigenvalue weighted by molar-refractivity contribution is -0.116. The zero-order chi connectivity index (χ0) is 20.6. The van der Waals surface area contributed by atoms with Crippen molar-refractivity contribution in [1.29, 1.82) is 0 Å². The van der Waals surface area contributed by atoms with Gasteiger partial charge in [-0.05, 0) is 36.2 Å². The molecule has 2 heterocycles. The van der Waals surface area contributed by atoms with E-state index in [1.807, 2.05) is 19.9 Å². The van der Waals surface area contributed by atoms with Gasteiger partial charge in [0.1, 0.15) is 0 Å². The number of nitrogens with zero attached hydrogens (tertiary/aromatic N) is 2. The van der Waals surface area contributed by atoms with E-state index in [-0.39, 0.29) is 23.3 Å². The van der Waals surface area contributed by atoms with E-state index in [2.05, 4.69) is 36.5 Å². The van der Waals surface area contributed by atoms with Crippen LogP contribution in [0, 0.1) is 17.3 Å². The van der Waals surface area contributed by atoms with Crippen LogP contribution in [-0.2, 0) is 4.79 Å². The van der Waals surface area contributed by atoms with Crippen LogP contribution >= 0.6 is 0 Å². The molecule has 0 unspecified atom stereocenters. The first-order chi connectivity index (χ1) is 13.1. The van der Waals surface area contributed by atoms with Crippen molar-refractivity contribution in [3.05, 3.63) is 24.0 Å². The van der Waals surface area contributed by atoms with E-state index in [1.54, 1.807) is 10.7 Å². The van der Waals surface area contributed by atoms with Crippen molar-refractivity contribution in [1.82, 2.24) is 9.61 Å². The lowest BCUT2D eigenvalue weighted by Crippen LogP contribution is -2.35. The number of aromatic nitrogens is 2. The van der Waals surface area contributed by atoms with Gasteiger partial charge >= 0.3 is 0 Å². The predicted octanol–water partition coefficient (Wildman–Crippen LogP) is 3.65. The first-order valence-electron chi connectivity index (χ1n) is 9.97. The van der Waals surface area contributed by atoms with Crippen molar-refractivity contribution in [2.24, 2.45) is 23.0 Å². The van der Waals surface area contributed by atoms with Gasteiger partial charge in [0.25, 0.3) is 5.91 Å². The highest BCUT2D eigenvalue weighted by molar-refractivity contribution is 6.02. The summed E-state index contributed by atoms with van der Waals surface area (Å²) >= 11 is 0. The van der Waals surface area contributed by atoms with Gasteiger partial charge in [0.05, 0.1) is 34.8 Å². The first-order valence-corrected chi connectivity index (χ1v) is 9.97. The van der Waals surface area contributed by atoms with Crippen LogP contribution in [0.15, 0.2) is 18.5 Å². The molecule has 1 fully saturated rings. The van der Waals surface area contributed by atoms with Crippen molar-refractivity contribution in [2.75, 3.05) is 10.6 Å². The van der Waals surface area contributed by atoms with Crippen LogP contribution in [0.5, 0.6) is 0 Å². The van der Waals surface area contributed by atoms with Crippen LogP contribution in [-0.4, -0.2) is 27.5 Å². The lowest BCUT2D eigenvalue weighted by atomic mass is 9.80. The van der Waals surface area contributed by atoms with Gasteiger partial charge in [-0.1, -0.05) is 34.6 Å². The molecule has 0 spiro atoms. The fourth-order valence-corrected chi connectivity index (χ4v) is 3.98. The molecule has 2 aromatic heterocycles. The molecule has 0 aromatic carbocycles. The molecule has 28 heavy (non-hydrogen) atoms. The monoisotopic (exact) mass is 385 g/mol. The summed E-state index contributed by atoms with van der Waals surface area (Å²) in [5, 5.41) is 10.8. The number of nitrogens with one attached hydrogen (secondary N) is 2. The summed E-state index contributed by atoms with van der Waals surface area (Å²) in [6.45, 7) is 10.8. The summed E-state index contributed by atoms with van der Waals surface area (Å²) in [7, 11) is 0. The Balaban J connectivity index is 1.98. The molecule has 2 atom stereocenters. The van der Waals surface area contributed by atoms with E-state index in [0.717, 1.165) is 18.4 Å². The highest BCUT2D eigenvalue weighted by atomic mass is 16.2. The van der Waals surface area contributed by atoms with Gasteiger partial charge in [-0.3, -0.25) is 9.59 Å². The Morgan fingerprint density at radius 3 is 2.64 bits per heavy atom. The second-order valence-corrected chi connectivity index (χ2v) is 9.00. The summed E-state index contributed by atoms with van der Waals surface area (Å²) in [4.78, 5) is 24.2. The van der Waals surface area contributed by atoms with Crippen molar-refractivity contribution >= 4 is 28.7 Å². The maximum absolute atomic E-state index is 12.1. The van der Waals surface area contributed by atoms with Gasteiger partial charge in [0.15, 0.2) is 0 Å². The quantitative estimate of drug-likeness (QED) is 0.706. The number of carbonyl (C=O) groups is 2. The van der Waals surface area contributed by atoms with E-state index >= 15 is 0 Å². The Hall–Kier alpha value is -2.57. The first kappa shape index (κ1) is 20.2. The summed E-state index contributed by atoms with van der Waals surface area (Å²) in [5.41, 5.74) is 8.14. The SMILES string of the molecule is CC(C)CC(=O)Nc1cc2c(N[C@@H]3CC[C@H](C)C3(C)C)c(C(N)=O)cnn2c1. The Kier molecular flexibility index (Phi) is 5.37. The number of hydrogen-bond acceptors (Lipinski definition) is 4. The molecule has 7 heteroatoms. The minimum absolute atomic E-state index is 0.0405. The minimum Gasteiger partial charge on any atom is -0.379 e. The van der Waals surface area contributed by atoms with Crippen molar-refractivity contribution < 1.29 is 9.59 Å². The van der Waals surface area contributed by atoms with Gasteiger partial charge in [-0.2, -0.15) is 5.10 Å². The molecule has 1 aliphatic rings. The normalized spacial score (nSPS) is 21.2. The Morgan fingerprint density at radius 1 is 1.36 bits per heavy atom. The second-order valence-electron chi connectivity index (χ2n) is 9.00. The molecule has 0 bridgehead atoms. The average Bonchev–Trinajstić information content (AvgIpc) is 3.09. The molecular weight excluding hydrogens is 354 g/mol. The number of rotatable bonds is 6. The third kappa shape index (κ3) is 3.84. The largest absolute Gasteiger partial charge is 0.379 e. The maximum atomic E-state index is 12.1. The number of fused-ring (bicyclic) bond motifs is 1. The summed E-state index contributed by atoms with van der Waals surface area (Å²) in [5.74, 6) is 0.298. The van der Waals surface area contributed by atoms with E-state index < -0.39 is 5.91 Å². The molecule has 4 N–H and O–H groups in total. The molecule has 1 saturated carbocycles. The molecule has 152 valence electrons. The number of primary amides is 1. The number of amides is 2. The third-order valence-corrected chi connectivity index (χ3v) is 6.16. The fourth-order valence-electron chi connectivity index (χ4n) is 3.98. The second kappa shape index (κ2) is 7.45. The summed E-state index contributed by atoms with van der Waals surface area (Å²) in [6, 6.07) is 2.06. The van der Waals surface area contributed by atoms with Crippen LogP contribution in [0.1, 0.15) is 64.2 Å². The van der Waals surface area contributed by atoms with Gasteiger partial charge in [0, 0.05) is 12.5 Å². The molecule has 0 saturated heterocycles. The van der Waals surface area contributed by atoms with Crippen LogP contribution < -0.4 is 16.4 Å². The minimum atomic E-state index is -0.520. The molecule has 3 rings (SSSR count). The molecule has 2 amide bonds. The van der Waals surface area contributed by atoms with Crippen LogP contribution in [0.4, 0.5) is 11.4 Å². The highest BCUT2D eigenvalue weighted by Crippen LogP contribution is 2.44. The topological polar surface area (TPSA) is 102 Å². The van der Waals surface area contributed by atoms with Crippen molar-refractivity contribution in [2.45, 2.75) is 59.9 Å². The van der Waals surface area contributed by atoms with E-state index in [4.69, 9.17) is 5.73 Å². The van der Waals surface area contributed by atoms with Crippen LogP contribution in [0.3, 0.4) is 0 Å². The van der Waals surface area contributed by atoms with Crippen LogP contribution in [0.2, 0.25) is 0 Å². The summed E-state index contributed by atoms with van der Waals surface area (Å²) < 4.78 is 1.67. The Bertz CT molecular complexity index is 900. The van der Waals surface area contributed by atoms with Gasteiger partial charge in [0.2, 0.25) is 5.91 Å². The molecule has 7 nitrogen and oxygen atoms in total. The highest BCUT2D eigenvalue weighted by Gasteiger charge is 2.41. The molecular formula is C21H31N5O2. The summed E-state index contributed by atoms with van der Waals surface area (Å²) in [6.07, 6.45) is 5.86. The third-order valence-electron chi connectivity index (χ3n) is 6.16. The Morgan fingerprint density at radius 2 is 2.07 bits per heavy atom. The number of carbonyl (C=O) groups excluding carboxylic acids is 2. The Labute approximate surface area is 166 Å². The van der Waals surface area contributed by atoms with E-state index in [1.165, 1.54) is 6.20 Å². The van der Waals surface area contributed by atoms with Gasteiger partial charge in [-0.15, -0.1) is 0 Å². The maximum Gasteiger partial charge on any atom is 0.252 e.